The third-order valence-corrected chi connectivity index (χ3v) is 3.88. The maximum atomic E-state index is 11.1. The van der Waals surface area contributed by atoms with E-state index in [2.05, 4.69) is 24.4 Å². The molecule has 1 heterocycles. The van der Waals surface area contributed by atoms with Crippen molar-refractivity contribution in [3.63, 3.8) is 0 Å². The minimum absolute atomic E-state index is 0.236. The first-order valence-electron chi connectivity index (χ1n) is 10.1. The maximum absolute atomic E-state index is 11.1. The van der Waals surface area contributed by atoms with E-state index in [0.29, 0.717) is 13.2 Å². The highest BCUT2D eigenvalue weighted by atomic mass is 16.5. The smallest absolute Gasteiger partial charge is 0.236 e. The number of amides is 1. The number of aryl methyl sites for hydroxylation is 1. The number of nitrogens with zero attached hydrogens (tertiary/aromatic N) is 1. The first-order chi connectivity index (χ1) is 13.7. The van der Waals surface area contributed by atoms with Gasteiger partial charge in [-0.3, -0.25) is 4.79 Å². The minimum Gasteiger partial charge on any atom is -0.380 e. The van der Waals surface area contributed by atoms with E-state index >= 15 is 0 Å². The van der Waals surface area contributed by atoms with Gasteiger partial charge in [0.25, 0.3) is 0 Å². The number of benzene rings is 2. The summed E-state index contributed by atoms with van der Waals surface area (Å²) in [6.07, 6.45) is 2.35. The Morgan fingerprint density at radius 3 is 1.86 bits per heavy atom. The highest BCUT2D eigenvalue weighted by Gasteiger charge is 2.15. The van der Waals surface area contributed by atoms with E-state index < -0.39 is 0 Å². The maximum Gasteiger partial charge on any atom is 0.236 e. The quantitative estimate of drug-likeness (QED) is 0.829. The molecule has 0 aromatic heterocycles. The van der Waals surface area contributed by atoms with Crippen LogP contribution >= 0.6 is 0 Å². The van der Waals surface area contributed by atoms with Crippen molar-refractivity contribution in [2.45, 2.75) is 40.2 Å². The Morgan fingerprint density at radius 2 is 1.46 bits per heavy atom. The van der Waals surface area contributed by atoms with Gasteiger partial charge in [-0.15, -0.1) is 0 Å². The van der Waals surface area contributed by atoms with Crippen molar-refractivity contribution < 1.29 is 9.53 Å². The second-order valence-electron chi connectivity index (χ2n) is 6.19. The standard InChI is InChI=1S/C8H10O.C7H14N2O.C7H8.C2H6/c1-9-7-8-5-3-2-4-6-8;1-8-6-7(10)9-4-2-3-5-9;1-7-5-3-2-4-6-7;1-2/h2-6H,7H2,1H3;8H,2-6H2,1H3;2-6H,1H3;1-2H3. The molecule has 2 aromatic rings. The molecule has 0 unspecified atom stereocenters. The highest BCUT2D eigenvalue weighted by Crippen LogP contribution is 2.06. The Morgan fingerprint density at radius 1 is 0.964 bits per heavy atom. The molecule has 1 saturated heterocycles. The summed E-state index contributed by atoms with van der Waals surface area (Å²) in [5.74, 6) is 0.236. The lowest BCUT2D eigenvalue weighted by Crippen LogP contribution is -2.34. The summed E-state index contributed by atoms with van der Waals surface area (Å²) in [6.45, 7) is 9.20. The Labute approximate surface area is 171 Å². The molecule has 0 spiro atoms. The molecule has 0 aliphatic carbocycles. The topological polar surface area (TPSA) is 41.6 Å². The lowest BCUT2D eigenvalue weighted by molar-refractivity contribution is -0.129. The van der Waals surface area contributed by atoms with Crippen molar-refractivity contribution in [2.75, 3.05) is 33.8 Å². The second-order valence-corrected chi connectivity index (χ2v) is 6.19. The van der Waals surface area contributed by atoms with Crippen LogP contribution in [0.4, 0.5) is 0 Å². The van der Waals surface area contributed by atoms with Gasteiger partial charge in [-0.05, 0) is 32.4 Å². The number of rotatable bonds is 4. The van der Waals surface area contributed by atoms with Gasteiger partial charge in [-0.2, -0.15) is 0 Å². The largest absolute Gasteiger partial charge is 0.380 e. The predicted octanol–water partition coefficient (Wildman–Crippen LogP) is 4.68. The van der Waals surface area contributed by atoms with Crippen molar-refractivity contribution in [3.8, 4) is 0 Å². The zero-order valence-electron chi connectivity index (χ0n) is 18.3. The number of carbonyl (C=O) groups excluding carboxylic acids is 1. The molecule has 28 heavy (non-hydrogen) atoms. The third-order valence-electron chi connectivity index (χ3n) is 3.88. The Kier molecular flexibility index (Phi) is 16.8. The van der Waals surface area contributed by atoms with Crippen molar-refractivity contribution in [3.05, 3.63) is 71.8 Å². The Bertz CT molecular complexity index is 582. The minimum atomic E-state index is 0.236. The molecule has 2 aromatic carbocycles. The number of likely N-dealkylation sites (N-methyl/N-ethyl adjacent to an activating group) is 1. The summed E-state index contributed by atoms with van der Waals surface area (Å²) in [6, 6.07) is 20.4. The monoisotopic (exact) mass is 386 g/mol. The number of nitrogens with one attached hydrogen (secondary N) is 1. The molecule has 1 aliphatic rings. The van der Waals surface area contributed by atoms with Crippen LogP contribution in [-0.4, -0.2) is 44.6 Å². The van der Waals surface area contributed by atoms with E-state index in [1.807, 2.05) is 67.3 Å². The van der Waals surface area contributed by atoms with Crippen LogP contribution in [0.1, 0.15) is 37.8 Å². The van der Waals surface area contributed by atoms with Crippen LogP contribution in [0.2, 0.25) is 0 Å². The van der Waals surface area contributed by atoms with Crippen LogP contribution in [0.3, 0.4) is 0 Å². The summed E-state index contributed by atoms with van der Waals surface area (Å²) >= 11 is 0. The molecule has 1 N–H and O–H groups in total. The van der Waals surface area contributed by atoms with Crippen molar-refractivity contribution in [1.29, 1.82) is 0 Å². The SMILES string of the molecule is CC.CNCC(=O)N1CCCC1.COCc1ccccc1.Cc1ccccc1. The number of hydrogen-bond donors (Lipinski definition) is 1. The Hall–Kier alpha value is -2.17. The van der Waals surface area contributed by atoms with Gasteiger partial charge in [-0.1, -0.05) is 80.1 Å². The summed E-state index contributed by atoms with van der Waals surface area (Å²) in [5, 5.41) is 2.85. The van der Waals surface area contributed by atoms with Gasteiger partial charge in [0.2, 0.25) is 5.91 Å². The molecule has 0 atom stereocenters. The zero-order valence-corrected chi connectivity index (χ0v) is 18.3. The average Bonchev–Trinajstić information content (AvgIpc) is 3.28. The molecule has 4 nitrogen and oxygen atoms in total. The fourth-order valence-corrected chi connectivity index (χ4v) is 2.50. The molecular formula is C24H38N2O2. The number of likely N-dealkylation sites (tertiary alicyclic amines) is 1. The van der Waals surface area contributed by atoms with Crippen LogP contribution in [0, 0.1) is 6.92 Å². The van der Waals surface area contributed by atoms with Crippen molar-refractivity contribution in [2.24, 2.45) is 0 Å². The van der Waals surface area contributed by atoms with Gasteiger partial charge in [0.1, 0.15) is 0 Å². The van der Waals surface area contributed by atoms with E-state index in [1.54, 1.807) is 14.2 Å². The van der Waals surface area contributed by atoms with E-state index in [-0.39, 0.29) is 5.91 Å². The molecule has 1 fully saturated rings. The lowest BCUT2D eigenvalue weighted by atomic mass is 10.2. The van der Waals surface area contributed by atoms with Gasteiger partial charge in [0.15, 0.2) is 0 Å². The highest BCUT2D eigenvalue weighted by molar-refractivity contribution is 5.78. The molecular weight excluding hydrogens is 348 g/mol. The molecule has 1 aliphatic heterocycles. The normalized spacial score (nSPS) is 11.8. The van der Waals surface area contributed by atoms with Crippen LogP contribution in [0.15, 0.2) is 60.7 Å². The summed E-state index contributed by atoms with van der Waals surface area (Å²) in [4.78, 5) is 13.0. The third kappa shape index (κ3) is 13.1. The molecule has 1 amide bonds. The van der Waals surface area contributed by atoms with E-state index in [4.69, 9.17) is 4.74 Å². The molecule has 0 saturated carbocycles. The number of hydrogen-bond acceptors (Lipinski definition) is 3. The van der Waals surface area contributed by atoms with Crippen LogP contribution < -0.4 is 5.32 Å². The number of carbonyl (C=O) groups is 1. The fourth-order valence-electron chi connectivity index (χ4n) is 2.50. The zero-order chi connectivity index (χ0) is 21.0. The number of ether oxygens (including phenoxy) is 1. The first kappa shape index (κ1) is 25.8. The summed E-state index contributed by atoms with van der Waals surface area (Å²) in [7, 11) is 3.50. The van der Waals surface area contributed by atoms with E-state index in [0.717, 1.165) is 13.1 Å². The first-order valence-corrected chi connectivity index (χ1v) is 10.1. The van der Waals surface area contributed by atoms with E-state index in [9.17, 15) is 4.79 Å². The molecule has 3 rings (SSSR count). The van der Waals surface area contributed by atoms with Crippen molar-refractivity contribution >= 4 is 5.91 Å². The Balaban J connectivity index is 0.000000378. The second kappa shape index (κ2) is 18.2. The van der Waals surface area contributed by atoms with Gasteiger partial charge in [0.05, 0.1) is 13.2 Å². The van der Waals surface area contributed by atoms with Crippen LogP contribution in [0.5, 0.6) is 0 Å². The van der Waals surface area contributed by atoms with E-state index in [1.165, 1.54) is 24.0 Å². The van der Waals surface area contributed by atoms with Crippen LogP contribution in [0.25, 0.3) is 0 Å². The summed E-state index contributed by atoms with van der Waals surface area (Å²) < 4.78 is 4.93. The fraction of sp³-hybridized carbons (Fsp3) is 0.458. The van der Waals surface area contributed by atoms with Gasteiger partial charge < -0.3 is 15.0 Å². The summed E-state index contributed by atoms with van der Waals surface area (Å²) in [5.41, 5.74) is 2.54. The average molecular weight is 387 g/mol. The molecule has 0 bridgehead atoms. The predicted molar refractivity (Wildman–Crippen MR) is 119 cm³/mol. The number of methoxy groups -OCH3 is 1. The van der Waals surface area contributed by atoms with Crippen molar-refractivity contribution in [1.82, 2.24) is 10.2 Å². The lowest BCUT2D eigenvalue weighted by Gasteiger charge is -2.13. The van der Waals surface area contributed by atoms with Gasteiger partial charge in [-0.25, -0.2) is 0 Å². The molecule has 4 heteroatoms. The van der Waals surface area contributed by atoms with Gasteiger partial charge >= 0.3 is 0 Å². The molecule has 0 radical (unpaired) electrons. The van der Waals surface area contributed by atoms with Crippen LogP contribution in [-0.2, 0) is 16.1 Å². The molecule has 156 valence electrons. The van der Waals surface area contributed by atoms with Gasteiger partial charge in [0, 0.05) is 20.2 Å².